The Morgan fingerprint density at radius 2 is 2.00 bits per heavy atom. The smallest absolute Gasteiger partial charge is 0.326 e. The Hall–Kier alpha value is -1.59. The number of amides is 2. The maximum absolute atomic E-state index is 11.3. The molecule has 15 heavy (non-hydrogen) atoms. The molecular weight excluding hydrogens is 200 g/mol. The second-order valence-electron chi connectivity index (χ2n) is 3.78. The van der Waals surface area contributed by atoms with E-state index in [1.807, 2.05) is 0 Å². The molecule has 0 aromatic heterocycles. The van der Waals surface area contributed by atoms with Crippen molar-refractivity contribution in [3.8, 4) is 0 Å². The van der Waals surface area contributed by atoms with Crippen molar-refractivity contribution >= 4 is 17.8 Å². The number of nitrogens with two attached hydrogens (primary N) is 1. The largest absolute Gasteiger partial charge is 0.480 e. The van der Waals surface area contributed by atoms with Gasteiger partial charge in [0.1, 0.15) is 6.04 Å². The van der Waals surface area contributed by atoms with Crippen LogP contribution in [0.25, 0.3) is 0 Å². The van der Waals surface area contributed by atoms with Gasteiger partial charge < -0.3 is 16.2 Å². The molecule has 1 aliphatic rings. The monoisotopic (exact) mass is 214 g/mol. The van der Waals surface area contributed by atoms with Gasteiger partial charge in [0.2, 0.25) is 11.8 Å². The van der Waals surface area contributed by atoms with Gasteiger partial charge in [-0.2, -0.15) is 0 Å². The summed E-state index contributed by atoms with van der Waals surface area (Å²) in [7, 11) is 0. The van der Waals surface area contributed by atoms with Gasteiger partial charge in [-0.3, -0.25) is 9.59 Å². The number of rotatable bonds is 6. The van der Waals surface area contributed by atoms with Crippen molar-refractivity contribution in [2.75, 3.05) is 0 Å². The summed E-state index contributed by atoms with van der Waals surface area (Å²) in [4.78, 5) is 32.5. The van der Waals surface area contributed by atoms with Gasteiger partial charge in [-0.1, -0.05) is 0 Å². The Kier molecular flexibility index (Phi) is 3.65. The first-order valence-electron chi connectivity index (χ1n) is 4.79. The summed E-state index contributed by atoms with van der Waals surface area (Å²) in [6, 6.07) is -1.20. The predicted octanol–water partition coefficient (Wildman–Crippen LogP) is -0.769. The standard InChI is InChI=1S/C9H14N2O4/c10-7(12)4-6(9(14)15)11-8(13)3-5-1-2-5/h5-6H,1-4H2,(H2,10,12)(H,11,13)(H,14,15). The highest BCUT2D eigenvalue weighted by atomic mass is 16.4. The number of nitrogens with one attached hydrogen (secondary N) is 1. The summed E-state index contributed by atoms with van der Waals surface area (Å²) in [6.07, 6.45) is 2.00. The van der Waals surface area contributed by atoms with E-state index < -0.39 is 17.9 Å². The van der Waals surface area contributed by atoms with Gasteiger partial charge in [0.05, 0.1) is 6.42 Å². The lowest BCUT2D eigenvalue weighted by Crippen LogP contribution is -2.43. The average molecular weight is 214 g/mol. The second-order valence-corrected chi connectivity index (χ2v) is 3.78. The third-order valence-corrected chi connectivity index (χ3v) is 2.21. The summed E-state index contributed by atoms with van der Waals surface area (Å²) in [6.45, 7) is 0. The molecule has 6 nitrogen and oxygen atoms in total. The Labute approximate surface area is 86.8 Å². The molecule has 1 rings (SSSR count). The molecule has 0 bridgehead atoms. The van der Waals surface area contributed by atoms with Crippen LogP contribution in [-0.2, 0) is 14.4 Å². The molecule has 0 saturated heterocycles. The highest BCUT2D eigenvalue weighted by Crippen LogP contribution is 2.32. The van der Waals surface area contributed by atoms with Crippen LogP contribution in [0.1, 0.15) is 25.7 Å². The zero-order valence-corrected chi connectivity index (χ0v) is 8.23. The lowest BCUT2D eigenvalue weighted by Gasteiger charge is -2.12. The van der Waals surface area contributed by atoms with Gasteiger partial charge in [0.15, 0.2) is 0 Å². The van der Waals surface area contributed by atoms with Crippen LogP contribution in [-0.4, -0.2) is 28.9 Å². The van der Waals surface area contributed by atoms with Crippen LogP contribution in [0.4, 0.5) is 0 Å². The van der Waals surface area contributed by atoms with Gasteiger partial charge in [-0.25, -0.2) is 4.79 Å². The van der Waals surface area contributed by atoms with Gasteiger partial charge in [-0.05, 0) is 18.8 Å². The molecule has 0 radical (unpaired) electrons. The molecule has 0 aliphatic heterocycles. The van der Waals surface area contributed by atoms with Gasteiger partial charge >= 0.3 is 5.97 Å². The number of carbonyl (C=O) groups is 3. The van der Waals surface area contributed by atoms with E-state index in [1.165, 1.54) is 0 Å². The van der Waals surface area contributed by atoms with Crippen molar-refractivity contribution < 1.29 is 19.5 Å². The molecule has 4 N–H and O–H groups in total. The zero-order valence-electron chi connectivity index (χ0n) is 8.23. The number of carbonyl (C=O) groups excluding carboxylic acids is 2. The summed E-state index contributed by atoms with van der Waals surface area (Å²) in [5.74, 6) is -1.92. The van der Waals surface area contributed by atoms with Crippen LogP contribution >= 0.6 is 0 Å². The lowest BCUT2D eigenvalue weighted by molar-refractivity contribution is -0.143. The first kappa shape index (κ1) is 11.5. The number of carboxylic acids is 1. The molecule has 1 fully saturated rings. The van der Waals surface area contributed by atoms with Gasteiger partial charge in [-0.15, -0.1) is 0 Å². The fourth-order valence-electron chi connectivity index (χ4n) is 1.24. The van der Waals surface area contributed by atoms with Crippen LogP contribution in [0.15, 0.2) is 0 Å². The van der Waals surface area contributed by atoms with Crippen LogP contribution in [0.2, 0.25) is 0 Å². The van der Waals surface area contributed by atoms with E-state index in [2.05, 4.69) is 5.32 Å². The van der Waals surface area contributed by atoms with Crippen molar-refractivity contribution in [3.05, 3.63) is 0 Å². The molecule has 6 heteroatoms. The Bertz CT molecular complexity index is 286. The van der Waals surface area contributed by atoms with E-state index in [0.29, 0.717) is 12.3 Å². The van der Waals surface area contributed by atoms with Crippen molar-refractivity contribution in [2.24, 2.45) is 11.7 Å². The second kappa shape index (κ2) is 4.77. The van der Waals surface area contributed by atoms with Crippen molar-refractivity contribution in [2.45, 2.75) is 31.7 Å². The van der Waals surface area contributed by atoms with Crippen LogP contribution in [0, 0.1) is 5.92 Å². The summed E-state index contributed by atoms with van der Waals surface area (Å²) >= 11 is 0. The molecule has 0 aromatic rings. The highest BCUT2D eigenvalue weighted by molar-refractivity contribution is 5.88. The normalized spacial score (nSPS) is 16.8. The third-order valence-electron chi connectivity index (χ3n) is 2.21. The van der Waals surface area contributed by atoms with E-state index in [9.17, 15) is 14.4 Å². The Morgan fingerprint density at radius 1 is 1.40 bits per heavy atom. The summed E-state index contributed by atoms with van der Waals surface area (Å²) < 4.78 is 0. The van der Waals surface area contributed by atoms with E-state index >= 15 is 0 Å². The molecule has 0 heterocycles. The maximum Gasteiger partial charge on any atom is 0.326 e. The van der Waals surface area contributed by atoms with Crippen molar-refractivity contribution in [3.63, 3.8) is 0 Å². The van der Waals surface area contributed by atoms with E-state index in [0.717, 1.165) is 12.8 Å². The highest BCUT2D eigenvalue weighted by Gasteiger charge is 2.27. The quantitative estimate of drug-likeness (QED) is 0.539. The molecule has 1 atom stereocenters. The van der Waals surface area contributed by atoms with Crippen LogP contribution < -0.4 is 11.1 Å². The van der Waals surface area contributed by atoms with Crippen LogP contribution in [0.5, 0.6) is 0 Å². The molecule has 2 amide bonds. The fourth-order valence-corrected chi connectivity index (χ4v) is 1.24. The van der Waals surface area contributed by atoms with Crippen molar-refractivity contribution in [1.82, 2.24) is 5.32 Å². The summed E-state index contributed by atoms with van der Waals surface area (Å²) in [5.41, 5.74) is 4.87. The number of hydrogen-bond donors (Lipinski definition) is 3. The Balaban J connectivity index is 2.38. The zero-order chi connectivity index (χ0) is 11.4. The number of hydrogen-bond acceptors (Lipinski definition) is 3. The minimum atomic E-state index is -1.24. The van der Waals surface area contributed by atoms with Crippen molar-refractivity contribution in [1.29, 1.82) is 0 Å². The predicted molar refractivity (Wildman–Crippen MR) is 50.7 cm³/mol. The molecule has 0 aromatic carbocycles. The molecule has 84 valence electrons. The average Bonchev–Trinajstić information content (AvgIpc) is 2.85. The molecule has 0 spiro atoms. The number of primary amides is 1. The SMILES string of the molecule is NC(=O)CC(NC(=O)CC1CC1)C(=O)O. The van der Waals surface area contributed by atoms with E-state index in [-0.39, 0.29) is 12.3 Å². The first-order valence-corrected chi connectivity index (χ1v) is 4.79. The van der Waals surface area contributed by atoms with Gasteiger partial charge in [0.25, 0.3) is 0 Å². The fraction of sp³-hybridized carbons (Fsp3) is 0.667. The minimum absolute atomic E-state index is 0.328. The molecule has 1 unspecified atom stereocenters. The lowest BCUT2D eigenvalue weighted by atomic mass is 10.2. The number of aliphatic carboxylic acids is 1. The first-order chi connectivity index (χ1) is 6.99. The Morgan fingerprint density at radius 3 is 2.40 bits per heavy atom. The number of carboxylic acid groups (broad SMARTS) is 1. The van der Waals surface area contributed by atoms with Gasteiger partial charge in [0, 0.05) is 6.42 Å². The minimum Gasteiger partial charge on any atom is -0.480 e. The van der Waals surface area contributed by atoms with Crippen LogP contribution in [0.3, 0.4) is 0 Å². The molecule has 1 saturated carbocycles. The summed E-state index contributed by atoms with van der Waals surface area (Å²) in [5, 5.41) is 11.0. The molecular formula is C9H14N2O4. The van der Waals surface area contributed by atoms with E-state index in [1.54, 1.807) is 0 Å². The topological polar surface area (TPSA) is 109 Å². The third kappa shape index (κ3) is 4.44. The van der Waals surface area contributed by atoms with E-state index in [4.69, 9.17) is 10.8 Å². The molecule has 1 aliphatic carbocycles. The maximum atomic E-state index is 11.3.